The smallest absolute Gasteiger partial charge is 0.293 e. The van der Waals surface area contributed by atoms with E-state index in [9.17, 15) is 4.79 Å². The molecule has 0 aromatic heterocycles. The van der Waals surface area contributed by atoms with Crippen LogP contribution in [0.25, 0.3) is 0 Å². The highest BCUT2D eigenvalue weighted by Crippen LogP contribution is 2.12. The average molecular weight is 328 g/mol. The number of hydrogen-bond acceptors (Lipinski definition) is 3. The molecule has 0 aromatic rings. The van der Waals surface area contributed by atoms with Crippen LogP contribution in [0.15, 0.2) is 0 Å². The van der Waals surface area contributed by atoms with E-state index in [-0.39, 0.29) is 0 Å². The van der Waals surface area contributed by atoms with Gasteiger partial charge in [0, 0.05) is 0 Å². The molecule has 0 unspecified atom stereocenters. The molecule has 0 aliphatic carbocycles. The molecule has 0 bridgehead atoms. The quantitative estimate of drug-likeness (QED) is 0.229. The minimum atomic E-state index is 0.547. The summed E-state index contributed by atoms with van der Waals surface area (Å²) in [6.45, 7) is 9.33. The minimum Gasteiger partial charge on any atom is -0.468 e. The van der Waals surface area contributed by atoms with Gasteiger partial charge < -0.3 is 9.64 Å². The number of unbranched alkanes of at least 4 members (excludes halogenated alkanes) is 12. The lowest BCUT2D eigenvalue weighted by Gasteiger charge is -2.17. The van der Waals surface area contributed by atoms with Crippen molar-refractivity contribution in [2.75, 3.05) is 26.2 Å². The highest BCUT2D eigenvalue weighted by atomic mass is 16.5. The molecule has 0 atom stereocenters. The van der Waals surface area contributed by atoms with Crippen molar-refractivity contribution in [1.82, 2.24) is 4.90 Å². The van der Waals surface area contributed by atoms with Gasteiger partial charge in [0.05, 0.1) is 6.61 Å². The lowest BCUT2D eigenvalue weighted by atomic mass is 10.0. The van der Waals surface area contributed by atoms with Gasteiger partial charge in [0.15, 0.2) is 0 Å². The molecule has 3 nitrogen and oxygen atoms in total. The van der Waals surface area contributed by atoms with E-state index in [2.05, 4.69) is 23.5 Å². The van der Waals surface area contributed by atoms with Crippen LogP contribution in [0, 0.1) is 0 Å². The van der Waals surface area contributed by atoms with Crippen LogP contribution in [0.3, 0.4) is 0 Å². The van der Waals surface area contributed by atoms with Crippen molar-refractivity contribution < 1.29 is 9.53 Å². The molecule has 138 valence electrons. The Morgan fingerprint density at radius 3 is 1.43 bits per heavy atom. The van der Waals surface area contributed by atoms with Crippen LogP contribution < -0.4 is 0 Å². The molecule has 0 radical (unpaired) electrons. The summed E-state index contributed by atoms with van der Waals surface area (Å²) < 4.78 is 4.68. The lowest BCUT2D eigenvalue weighted by Crippen LogP contribution is -2.23. The third-order valence-corrected chi connectivity index (χ3v) is 4.70. The number of ether oxygens (including phenoxy) is 1. The summed E-state index contributed by atoms with van der Waals surface area (Å²) in [6.07, 6.45) is 17.5. The molecule has 0 aliphatic heterocycles. The second-order valence-electron chi connectivity index (χ2n) is 6.59. The van der Waals surface area contributed by atoms with Crippen LogP contribution in [0.1, 0.15) is 97.3 Å². The Labute approximate surface area is 145 Å². The van der Waals surface area contributed by atoms with Gasteiger partial charge in [-0.3, -0.25) is 4.79 Å². The second-order valence-corrected chi connectivity index (χ2v) is 6.59. The fourth-order valence-electron chi connectivity index (χ4n) is 3.05. The first-order chi connectivity index (χ1) is 11.3. The molecule has 23 heavy (non-hydrogen) atoms. The number of hydrogen-bond donors (Lipinski definition) is 0. The molecule has 0 fully saturated rings. The largest absolute Gasteiger partial charge is 0.468 e. The van der Waals surface area contributed by atoms with Crippen molar-refractivity contribution in [3.63, 3.8) is 0 Å². The average Bonchev–Trinajstić information content (AvgIpc) is 2.58. The Balaban J connectivity index is 3.04. The highest BCUT2D eigenvalue weighted by Gasteiger charge is 1.98. The summed E-state index contributed by atoms with van der Waals surface area (Å²) in [7, 11) is 0. The molecule has 0 saturated heterocycles. The van der Waals surface area contributed by atoms with E-state index in [1.165, 1.54) is 96.7 Å². The van der Waals surface area contributed by atoms with Crippen molar-refractivity contribution in [1.29, 1.82) is 0 Å². The van der Waals surface area contributed by atoms with Crippen LogP contribution >= 0.6 is 0 Å². The van der Waals surface area contributed by atoms with Gasteiger partial charge in [-0.05, 0) is 32.5 Å². The standard InChI is InChI=1S/C20H41NO2/c1-3-21(4-2)18-16-14-12-10-8-6-5-7-9-11-13-15-17-19-23-20-22/h20H,3-19H2,1-2H3. The van der Waals surface area contributed by atoms with Crippen LogP contribution in [-0.4, -0.2) is 37.6 Å². The Morgan fingerprint density at radius 2 is 1.04 bits per heavy atom. The van der Waals surface area contributed by atoms with Gasteiger partial charge in [-0.15, -0.1) is 0 Å². The number of nitrogens with zero attached hydrogens (tertiary/aromatic N) is 1. The summed E-state index contributed by atoms with van der Waals surface area (Å²) >= 11 is 0. The molecule has 0 N–H and O–H groups in total. The fraction of sp³-hybridized carbons (Fsp3) is 0.950. The maximum atomic E-state index is 9.97. The number of carbonyl (C=O) groups excluding carboxylic acids is 1. The molecule has 0 amide bonds. The SMILES string of the molecule is CCN(CC)CCCCCCCCCCCCCCCOC=O. The van der Waals surface area contributed by atoms with E-state index in [0.717, 1.165) is 6.42 Å². The van der Waals surface area contributed by atoms with Gasteiger partial charge in [0.25, 0.3) is 6.47 Å². The molecule has 0 aromatic carbocycles. The van der Waals surface area contributed by atoms with Crippen molar-refractivity contribution in [2.45, 2.75) is 97.3 Å². The normalized spacial score (nSPS) is 11.1. The van der Waals surface area contributed by atoms with Crippen LogP contribution in [-0.2, 0) is 9.53 Å². The Kier molecular flexibility index (Phi) is 19.0. The predicted octanol–water partition coefficient (Wildman–Crippen LogP) is 5.57. The maximum Gasteiger partial charge on any atom is 0.293 e. The molecule has 0 spiro atoms. The van der Waals surface area contributed by atoms with E-state index >= 15 is 0 Å². The zero-order valence-corrected chi connectivity index (χ0v) is 15.9. The fourth-order valence-corrected chi connectivity index (χ4v) is 3.05. The topological polar surface area (TPSA) is 29.5 Å². The monoisotopic (exact) mass is 327 g/mol. The third kappa shape index (κ3) is 17.6. The summed E-state index contributed by atoms with van der Waals surface area (Å²) in [6, 6.07) is 0. The van der Waals surface area contributed by atoms with Crippen molar-refractivity contribution in [3.05, 3.63) is 0 Å². The molecular weight excluding hydrogens is 286 g/mol. The molecule has 0 rings (SSSR count). The molecule has 3 heteroatoms. The van der Waals surface area contributed by atoms with Gasteiger partial charge >= 0.3 is 0 Å². The molecular formula is C20H41NO2. The van der Waals surface area contributed by atoms with E-state index in [1.54, 1.807) is 0 Å². The lowest BCUT2D eigenvalue weighted by molar-refractivity contribution is -0.128. The Hall–Kier alpha value is -0.570. The summed E-state index contributed by atoms with van der Waals surface area (Å²) in [4.78, 5) is 12.5. The van der Waals surface area contributed by atoms with E-state index < -0.39 is 0 Å². The summed E-state index contributed by atoms with van der Waals surface area (Å²) in [5.41, 5.74) is 0. The first-order valence-electron chi connectivity index (χ1n) is 10.1. The van der Waals surface area contributed by atoms with Gasteiger partial charge in [-0.1, -0.05) is 84.5 Å². The van der Waals surface area contributed by atoms with Crippen molar-refractivity contribution in [3.8, 4) is 0 Å². The molecule has 0 aliphatic rings. The van der Waals surface area contributed by atoms with Gasteiger partial charge in [-0.2, -0.15) is 0 Å². The zero-order chi connectivity index (χ0) is 17.0. The van der Waals surface area contributed by atoms with Crippen LogP contribution in [0.2, 0.25) is 0 Å². The Bertz CT molecular complexity index is 230. The first-order valence-corrected chi connectivity index (χ1v) is 10.1. The summed E-state index contributed by atoms with van der Waals surface area (Å²) in [5.74, 6) is 0. The van der Waals surface area contributed by atoms with Gasteiger partial charge in [-0.25, -0.2) is 0 Å². The number of carbonyl (C=O) groups is 1. The van der Waals surface area contributed by atoms with Crippen LogP contribution in [0.5, 0.6) is 0 Å². The van der Waals surface area contributed by atoms with E-state index in [1.807, 2.05) is 0 Å². The third-order valence-electron chi connectivity index (χ3n) is 4.70. The van der Waals surface area contributed by atoms with E-state index in [0.29, 0.717) is 13.1 Å². The number of rotatable bonds is 19. The maximum absolute atomic E-state index is 9.97. The second kappa shape index (κ2) is 19.5. The van der Waals surface area contributed by atoms with Crippen molar-refractivity contribution >= 4 is 6.47 Å². The van der Waals surface area contributed by atoms with Gasteiger partial charge in [0.1, 0.15) is 0 Å². The van der Waals surface area contributed by atoms with Crippen molar-refractivity contribution in [2.24, 2.45) is 0 Å². The first kappa shape index (κ1) is 22.4. The highest BCUT2D eigenvalue weighted by molar-refractivity contribution is 5.36. The van der Waals surface area contributed by atoms with E-state index in [4.69, 9.17) is 0 Å². The molecule has 0 saturated carbocycles. The Morgan fingerprint density at radius 1 is 0.652 bits per heavy atom. The van der Waals surface area contributed by atoms with Crippen LogP contribution in [0.4, 0.5) is 0 Å². The predicted molar refractivity (Wildman–Crippen MR) is 99.8 cm³/mol. The minimum absolute atomic E-state index is 0.547. The zero-order valence-electron chi connectivity index (χ0n) is 15.9. The summed E-state index contributed by atoms with van der Waals surface area (Å²) in [5, 5.41) is 0. The molecule has 0 heterocycles. The van der Waals surface area contributed by atoms with Gasteiger partial charge in [0.2, 0.25) is 0 Å².